The standard InChI is InChI=1S/C24H39N3O6S/c1-17(2)15-20(16-25-27-34(31,32)26-18(3)22(28)29)21(23(30)33-24(4,5)6)14-10-13-19-11-8-7-9-12-19/h7-13,17-18,20-21,25-27H,14-16H2,1-6H3,(H,28,29)/b13-10+/t18?,20-,21?/m0/s1. The van der Waals surface area contributed by atoms with Gasteiger partial charge in [0.15, 0.2) is 0 Å². The first-order chi connectivity index (χ1) is 15.7. The predicted molar refractivity (Wildman–Crippen MR) is 133 cm³/mol. The number of nitrogens with one attached hydrogen (secondary N) is 3. The van der Waals surface area contributed by atoms with Gasteiger partial charge in [-0.25, -0.2) is 5.43 Å². The lowest BCUT2D eigenvalue weighted by atomic mass is 9.83. The Morgan fingerprint density at radius 2 is 1.74 bits per heavy atom. The van der Waals surface area contributed by atoms with Gasteiger partial charge in [0.1, 0.15) is 11.6 Å². The van der Waals surface area contributed by atoms with Crippen LogP contribution in [-0.2, 0) is 24.5 Å². The first kappa shape index (κ1) is 29.8. The van der Waals surface area contributed by atoms with Gasteiger partial charge in [0.2, 0.25) is 0 Å². The number of hydrazine groups is 1. The van der Waals surface area contributed by atoms with E-state index in [-0.39, 0.29) is 24.3 Å². The summed E-state index contributed by atoms with van der Waals surface area (Å²) >= 11 is 0. The summed E-state index contributed by atoms with van der Waals surface area (Å²) in [6.45, 7) is 10.9. The second-order valence-corrected chi connectivity index (χ2v) is 11.2. The van der Waals surface area contributed by atoms with E-state index in [9.17, 15) is 18.0 Å². The molecule has 2 unspecified atom stereocenters. The van der Waals surface area contributed by atoms with E-state index >= 15 is 0 Å². The lowest BCUT2D eigenvalue weighted by molar-refractivity contribution is -0.162. The van der Waals surface area contributed by atoms with Crippen LogP contribution < -0.4 is 15.0 Å². The van der Waals surface area contributed by atoms with E-state index in [0.717, 1.165) is 5.56 Å². The normalized spacial score (nSPS) is 15.3. The van der Waals surface area contributed by atoms with Crippen molar-refractivity contribution in [2.24, 2.45) is 17.8 Å². The minimum Gasteiger partial charge on any atom is -0.480 e. The number of carboxylic acids is 1. The summed E-state index contributed by atoms with van der Waals surface area (Å²) < 4.78 is 31.9. The smallest absolute Gasteiger partial charge is 0.321 e. The highest BCUT2D eigenvalue weighted by atomic mass is 32.2. The van der Waals surface area contributed by atoms with Gasteiger partial charge in [-0.1, -0.05) is 56.3 Å². The molecule has 3 atom stereocenters. The third-order valence-corrected chi connectivity index (χ3v) is 5.90. The predicted octanol–water partition coefficient (Wildman–Crippen LogP) is 3.11. The maximum atomic E-state index is 13.1. The summed E-state index contributed by atoms with van der Waals surface area (Å²) in [6.07, 6.45) is 4.94. The minimum atomic E-state index is -4.10. The van der Waals surface area contributed by atoms with Gasteiger partial charge in [-0.3, -0.25) is 9.59 Å². The number of carbonyl (C=O) groups is 2. The molecule has 1 aromatic rings. The summed E-state index contributed by atoms with van der Waals surface area (Å²) in [5.74, 6) is -2.15. The van der Waals surface area contributed by atoms with Crippen LogP contribution in [0.3, 0.4) is 0 Å². The molecule has 0 saturated carbocycles. The molecular weight excluding hydrogens is 458 g/mol. The van der Waals surface area contributed by atoms with Gasteiger partial charge >= 0.3 is 11.9 Å². The second-order valence-electron chi connectivity index (χ2n) is 9.74. The summed E-state index contributed by atoms with van der Waals surface area (Å²) in [5, 5.41) is 8.92. The van der Waals surface area contributed by atoms with Gasteiger partial charge < -0.3 is 9.84 Å². The van der Waals surface area contributed by atoms with Crippen molar-refractivity contribution in [1.29, 1.82) is 0 Å². The Bertz CT molecular complexity index is 910. The van der Waals surface area contributed by atoms with Crippen molar-refractivity contribution in [3.8, 4) is 0 Å². The van der Waals surface area contributed by atoms with Crippen molar-refractivity contribution in [2.75, 3.05) is 6.54 Å². The molecule has 1 aromatic carbocycles. The number of aliphatic carboxylic acids is 1. The first-order valence-corrected chi connectivity index (χ1v) is 12.9. The number of rotatable bonds is 14. The zero-order chi connectivity index (χ0) is 25.9. The molecule has 192 valence electrons. The maximum Gasteiger partial charge on any atom is 0.321 e. The van der Waals surface area contributed by atoms with Crippen LogP contribution in [-0.4, -0.2) is 43.7 Å². The second kappa shape index (κ2) is 13.6. The Labute approximate surface area is 203 Å². The van der Waals surface area contributed by atoms with Gasteiger partial charge in [0.05, 0.1) is 5.92 Å². The van der Waals surface area contributed by atoms with E-state index < -0.39 is 33.7 Å². The number of benzene rings is 1. The number of hydrogen-bond acceptors (Lipinski definition) is 6. The molecule has 0 fully saturated rings. The molecule has 34 heavy (non-hydrogen) atoms. The van der Waals surface area contributed by atoms with Crippen LogP contribution in [0.25, 0.3) is 6.08 Å². The molecule has 0 aliphatic carbocycles. The lowest BCUT2D eigenvalue weighted by Crippen LogP contribution is -2.51. The maximum absolute atomic E-state index is 13.1. The summed E-state index contributed by atoms with van der Waals surface area (Å²) in [5.41, 5.74) is 3.01. The molecule has 0 aliphatic rings. The number of esters is 1. The SMILES string of the molecule is CC(C)C[C@@H](CNNS(=O)(=O)NC(C)C(=O)O)C(C/C=C/c1ccccc1)C(=O)OC(C)(C)C. The van der Waals surface area contributed by atoms with Gasteiger partial charge in [0, 0.05) is 6.54 Å². The monoisotopic (exact) mass is 497 g/mol. The average Bonchev–Trinajstić information content (AvgIpc) is 2.69. The minimum absolute atomic E-state index is 0.156. The molecule has 0 aromatic heterocycles. The molecule has 9 nitrogen and oxygen atoms in total. The number of allylic oxidation sites excluding steroid dienone is 1. The Kier molecular flexibility index (Phi) is 11.9. The average molecular weight is 498 g/mol. The largest absolute Gasteiger partial charge is 0.480 e. The fourth-order valence-corrected chi connectivity index (χ4v) is 4.25. The fourth-order valence-electron chi connectivity index (χ4n) is 3.35. The Balaban J connectivity index is 3.00. The van der Waals surface area contributed by atoms with Crippen LogP contribution in [0, 0.1) is 17.8 Å². The fraction of sp³-hybridized carbons (Fsp3) is 0.583. The molecule has 4 N–H and O–H groups in total. The van der Waals surface area contributed by atoms with Gasteiger partial charge in [-0.2, -0.15) is 13.1 Å². The molecule has 10 heteroatoms. The van der Waals surface area contributed by atoms with Crippen molar-refractivity contribution in [3.05, 3.63) is 42.0 Å². The highest BCUT2D eigenvalue weighted by molar-refractivity contribution is 7.87. The van der Waals surface area contributed by atoms with Crippen LogP contribution in [0.15, 0.2) is 36.4 Å². The number of carboxylic acid groups (broad SMARTS) is 1. The van der Waals surface area contributed by atoms with Crippen molar-refractivity contribution < 1.29 is 27.9 Å². The third-order valence-electron chi connectivity index (χ3n) is 4.83. The zero-order valence-corrected chi connectivity index (χ0v) is 21.7. The van der Waals surface area contributed by atoms with Gasteiger partial charge in [-0.05, 0) is 57.9 Å². The van der Waals surface area contributed by atoms with E-state index in [1.807, 2.05) is 61.1 Å². The van der Waals surface area contributed by atoms with Crippen LogP contribution in [0.5, 0.6) is 0 Å². The molecule has 0 bridgehead atoms. The zero-order valence-electron chi connectivity index (χ0n) is 20.9. The summed E-state index contributed by atoms with van der Waals surface area (Å²) in [7, 11) is -4.10. The molecular formula is C24H39N3O6S. The van der Waals surface area contributed by atoms with Crippen molar-refractivity contribution in [1.82, 2.24) is 15.0 Å². The highest BCUT2D eigenvalue weighted by Gasteiger charge is 2.32. The summed E-state index contributed by atoms with van der Waals surface area (Å²) in [6, 6.07) is 8.43. The topological polar surface area (TPSA) is 134 Å². The van der Waals surface area contributed by atoms with E-state index in [4.69, 9.17) is 9.84 Å². The van der Waals surface area contributed by atoms with Crippen LogP contribution in [0.1, 0.15) is 59.9 Å². The van der Waals surface area contributed by atoms with E-state index in [0.29, 0.717) is 12.8 Å². The molecule has 0 saturated heterocycles. The molecule has 1 rings (SSSR count). The van der Waals surface area contributed by atoms with E-state index in [2.05, 4.69) is 10.3 Å². The van der Waals surface area contributed by atoms with Crippen LogP contribution >= 0.6 is 0 Å². The van der Waals surface area contributed by atoms with Gasteiger partial charge in [-0.15, -0.1) is 4.83 Å². The third kappa shape index (κ3) is 12.3. The highest BCUT2D eigenvalue weighted by Crippen LogP contribution is 2.27. The van der Waals surface area contributed by atoms with E-state index in [1.54, 1.807) is 20.8 Å². The van der Waals surface area contributed by atoms with Crippen molar-refractivity contribution in [2.45, 2.75) is 66.0 Å². The molecule has 0 radical (unpaired) electrons. The number of ether oxygens (including phenoxy) is 1. The van der Waals surface area contributed by atoms with Crippen molar-refractivity contribution in [3.63, 3.8) is 0 Å². The van der Waals surface area contributed by atoms with Crippen LogP contribution in [0.4, 0.5) is 0 Å². The molecule has 0 aliphatic heterocycles. The van der Waals surface area contributed by atoms with Crippen molar-refractivity contribution >= 4 is 28.2 Å². The Morgan fingerprint density at radius 3 is 2.26 bits per heavy atom. The first-order valence-electron chi connectivity index (χ1n) is 11.4. The number of carbonyl (C=O) groups excluding carboxylic acids is 1. The van der Waals surface area contributed by atoms with Gasteiger partial charge in [0.25, 0.3) is 10.2 Å². The Morgan fingerprint density at radius 1 is 1.12 bits per heavy atom. The lowest BCUT2D eigenvalue weighted by Gasteiger charge is -2.30. The molecule has 0 amide bonds. The Hall–Kier alpha value is -2.27. The number of hydrogen-bond donors (Lipinski definition) is 4. The van der Waals surface area contributed by atoms with E-state index in [1.165, 1.54) is 6.92 Å². The molecule has 0 heterocycles. The summed E-state index contributed by atoms with van der Waals surface area (Å²) in [4.78, 5) is 26.2. The van der Waals surface area contributed by atoms with Crippen LogP contribution in [0.2, 0.25) is 0 Å². The quantitative estimate of drug-likeness (QED) is 0.229. The molecule has 0 spiro atoms.